The molecule has 0 spiro atoms. The second-order valence-electron chi connectivity index (χ2n) is 2.12. The zero-order valence-electron chi connectivity index (χ0n) is 7.11. The van der Waals surface area contributed by atoms with Gasteiger partial charge in [0.15, 0.2) is 11.4 Å². The molecule has 0 aliphatic carbocycles. The van der Waals surface area contributed by atoms with Crippen molar-refractivity contribution in [3.8, 4) is 0 Å². The fourth-order valence-electron chi connectivity index (χ4n) is 0.744. The Morgan fingerprint density at radius 1 is 1.58 bits per heavy atom. The summed E-state index contributed by atoms with van der Waals surface area (Å²) in [6.45, 7) is 0.612. The Hall–Kier alpha value is -0.650. The van der Waals surface area contributed by atoms with Gasteiger partial charge < -0.3 is 14.8 Å². The van der Waals surface area contributed by atoms with E-state index in [0.29, 0.717) is 6.54 Å². The minimum atomic E-state index is -0.214. The number of hydrogen-bond donors (Lipinski definition) is 1. The highest BCUT2D eigenvalue weighted by molar-refractivity contribution is 7.13. The first kappa shape index (κ1) is 9.44. The number of thiazole rings is 1. The van der Waals surface area contributed by atoms with Crippen molar-refractivity contribution >= 4 is 16.5 Å². The predicted octanol–water partition coefficient (Wildman–Crippen LogP) is 1.17. The normalized spacial score (nSPS) is 10.6. The summed E-state index contributed by atoms with van der Waals surface area (Å²) in [7, 11) is 3.22. The van der Waals surface area contributed by atoms with E-state index < -0.39 is 0 Å². The fourth-order valence-corrected chi connectivity index (χ4v) is 1.28. The Morgan fingerprint density at radius 2 is 2.33 bits per heavy atom. The van der Waals surface area contributed by atoms with Crippen LogP contribution in [0, 0.1) is 0 Å². The summed E-state index contributed by atoms with van der Waals surface area (Å²) in [6, 6.07) is 0. The maximum absolute atomic E-state index is 4.99. The van der Waals surface area contributed by atoms with Crippen LogP contribution in [0.4, 0.5) is 5.13 Å². The lowest BCUT2D eigenvalue weighted by Crippen LogP contribution is -2.23. The number of nitrogens with one attached hydrogen (secondary N) is 1. The van der Waals surface area contributed by atoms with Crippen LogP contribution in [0.1, 0.15) is 0 Å². The lowest BCUT2D eigenvalue weighted by molar-refractivity contribution is -0.0914. The van der Waals surface area contributed by atoms with Crippen LogP contribution in [-0.4, -0.2) is 32.0 Å². The molecule has 0 saturated carbocycles. The van der Waals surface area contributed by atoms with Crippen molar-refractivity contribution in [1.82, 2.24) is 4.98 Å². The fraction of sp³-hybridized carbons (Fsp3) is 0.571. The molecule has 1 heterocycles. The van der Waals surface area contributed by atoms with E-state index in [1.807, 2.05) is 5.38 Å². The van der Waals surface area contributed by atoms with E-state index in [1.54, 1.807) is 31.8 Å². The zero-order valence-corrected chi connectivity index (χ0v) is 7.93. The summed E-state index contributed by atoms with van der Waals surface area (Å²) in [6.07, 6.45) is 1.54. The average Bonchev–Trinajstić information content (AvgIpc) is 2.59. The van der Waals surface area contributed by atoms with Crippen LogP contribution in [0.2, 0.25) is 0 Å². The molecule has 0 unspecified atom stereocenters. The molecule has 1 aromatic rings. The highest BCUT2D eigenvalue weighted by Crippen LogP contribution is 2.10. The summed E-state index contributed by atoms with van der Waals surface area (Å²) < 4.78 is 9.98. The number of ether oxygens (including phenoxy) is 2. The molecule has 5 heteroatoms. The van der Waals surface area contributed by atoms with Crippen molar-refractivity contribution in [3.05, 3.63) is 11.6 Å². The predicted molar refractivity (Wildman–Crippen MR) is 48.4 cm³/mol. The van der Waals surface area contributed by atoms with Gasteiger partial charge in [0.05, 0.1) is 6.54 Å². The summed E-state index contributed by atoms with van der Waals surface area (Å²) >= 11 is 1.55. The zero-order chi connectivity index (χ0) is 8.81. The van der Waals surface area contributed by atoms with Crippen LogP contribution in [0.3, 0.4) is 0 Å². The molecular formula is C7H12N2O2S. The van der Waals surface area contributed by atoms with Crippen molar-refractivity contribution in [1.29, 1.82) is 0 Å². The third-order valence-corrected chi connectivity index (χ3v) is 2.11. The Morgan fingerprint density at radius 3 is 2.83 bits per heavy atom. The molecule has 0 fully saturated rings. The molecular weight excluding hydrogens is 176 g/mol. The molecule has 0 aliphatic rings. The van der Waals surface area contributed by atoms with Crippen molar-refractivity contribution in [2.24, 2.45) is 0 Å². The first-order chi connectivity index (χ1) is 5.86. The van der Waals surface area contributed by atoms with Crippen molar-refractivity contribution in [3.63, 3.8) is 0 Å². The SMILES string of the molecule is COC(CNc1nccs1)OC. The van der Waals surface area contributed by atoms with Gasteiger partial charge in [-0.3, -0.25) is 0 Å². The Labute approximate surface area is 75.5 Å². The molecule has 1 N–H and O–H groups in total. The minimum Gasteiger partial charge on any atom is -0.356 e. The Kier molecular flexibility index (Phi) is 3.99. The number of methoxy groups -OCH3 is 2. The van der Waals surface area contributed by atoms with E-state index in [2.05, 4.69) is 10.3 Å². The van der Waals surface area contributed by atoms with Crippen LogP contribution in [0.5, 0.6) is 0 Å². The van der Waals surface area contributed by atoms with Gasteiger partial charge in [-0.25, -0.2) is 4.98 Å². The topological polar surface area (TPSA) is 43.4 Å². The van der Waals surface area contributed by atoms with Gasteiger partial charge in [0, 0.05) is 25.8 Å². The van der Waals surface area contributed by atoms with Gasteiger partial charge in [-0.2, -0.15) is 0 Å². The quantitative estimate of drug-likeness (QED) is 0.704. The minimum absolute atomic E-state index is 0.214. The van der Waals surface area contributed by atoms with Gasteiger partial charge in [0.25, 0.3) is 0 Å². The first-order valence-electron chi connectivity index (χ1n) is 3.55. The van der Waals surface area contributed by atoms with Gasteiger partial charge >= 0.3 is 0 Å². The van der Waals surface area contributed by atoms with Crippen LogP contribution >= 0.6 is 11.3 Å². The highest BCUT2D eigenvalue weighted by Gasteiger charge is 2.04. The second-order valence-corrected chi connectivity index (χ2v) is 3.01. The van der Waals surface area contributed by atoms with Crippen LogP contribution in [-0.2, 0) is 9.47 Å². The van der Waals surface area contributed by atoms with Gasteiger partial charge in [0.1, 0.15) is 0 Å². The van der Waals surface area contributed by atoms with Gasteiger partial charge in [-0.05, 0) is 0 Å². The Bertz CT molecular complexity index is 199. The van der Waals surface area contributed by atoms with Crippen molar-refractivity contribution < 1.29 is 9.47 Å². The first-order valence-corrected chi connectivity index (χ1v) is 4.43. The van der Waals surface area contributed by atoms with Crippen molar-refractivity contribution in [2.75, 3.05) is 26.1 Å². The molecule has 4 nitrogen and oxygen atoms in total. The molecule has 0 saturated heterocycles. The van der Waals surface area contributed by atoms with E-state index >= 15 is 0 Å². The number of anilines is 1. The van der Waals surface area contributed by atoms with E-state index in [4.69, 9.17) is 9.47 Å². The molecule has 0 bridgehead atoms. The smallest absolute Gasteiger partial charge is 0.182 e. The lowest BCUT2D eigenvalue weighted by atomic mass is 10.6. The highest BCUT2D eigenvalue weighted by atomic mass is 32.1. The van der Waals surface area contributed by atoms with E-state index in [9.17, 15) is 0 Å². The largest absolute Gasteiger partial charge is 0.356 e. The maximum atomic E-state index is 4.99. The summed E-state index contributed by atoms with van der Waals surface area (Å²) in [5.74, 6) is 0. The molecule has 0 aromatic carbocycles. The molecule has 0 amide bonds. The summed E-state index contributed by atoms with van der Waals surface area (Å²) in [4.78, 5) is 4.05. The standard InChI is InChI=1S/C7H12N2O2S/c1-10-6(11-2)5-9-7-8-3-4-12-7/h3-4,6H,5H2,1-2H3,(H,8,9). The number of nitrogens with zero attached hydrogens (tertiary/aromatic N) is 1. The van der Waals surface area contributed by atoms with Gasteiger partial charge in [-0.15, -0.1) is 11.3 Å². The molecule has 0 atom stereocenters. The third-order valence-electron chi connectivity index (χ3n) is 1.38. The van der Waals surface area contributed by atoms with Gasteiger partial charge in [0.2, 0.25) is 0 Å². The lowest BCUT2D eigenvalue weighted by Gasteiger charge is -2.12. The van der Waals surface area contributed by atoms with Crippen LogP contribution in [0.15, 0.2) is 11.6 Å². The molecule has 12 heavy (non-hydrogen) atoms. The Balaban J connectivity index is 2.25. The van der Waals surface area contributed by atoms with Crippen LogP contribution in [0.25, 0.3) is 0 Å². The summed E-state index contributed by atoms with van der Waals surface area (Å²) in [5.41, 5.74) is 0. The van der Waals surface area contributed by atoms with E-state index in [-0.39, 0.29) is 6.29 Å². The second kappa shape index (κ2) is 5.08. The third kappa shape index (κ3) is 2.77. The molecule has 1 aromatic heterocycles. The monoisotopic (exact) mass is 188 g/mol. The molecule has 0 aliphatic heterocycles. The molecule has 68 valence electrons. The van der Waals surface area contributed by atoms with Gasteiger partial charge in [-0.1, -0.05) is 0 Å². The van der Waals surface area contributed by atoms with E-state index in [1.165, 1.54) is 0 Å². The number of rotatable bonds is 5. The summed E-state index contributed by atoms with van der Waals surface area (Å²) in [5, 5.41) is 5.88. The number of hydrogen-bond acceptors (Lipinski definition) is 5. The van der Waals surface area contributed by atoms with Crippen LogP contribution < -0.4 is 5.32 Å². The maximum Gasteiger partial charge on any atom is 0.182 e. The number of aromatic nitrogens is 1. The molecule has 0 radical (unpaired) electrons. The van der Waals surface area contributed by atoms with E-state index in [0.717, 1.165) is 5.13 Å². The molecule has 1 rings (SSSR count). The van der Waals surface area contributed by atoms with Crippen molar-refractivity contribution in [2.45, 2.75) is 6.29 Å². The average molecular weight is 188 g/mol.